The molecule has 0 amide bonds. The third-order valence-corrected chi connectivity index (χ3v) is 6.53. The summed E-state index contributed by atoms with van der Waals surface area (Å²) in [5.74, 6) is 0.792. The normalized spacial score (nSPS) is 18.9. The van der Waals surface area contributed by atoms with Crippen LogP contribution in [-0.2, 0) is 9.59 Å². The highest BCUT2D eigenvalue weighted by atomic mass is 16.5. The van der Waals surface area contributed by atoms with Gasteiger partial charge < -0.3 is 14.8 Å². The van der Waals surface area contributed by atoms with Gasteiger partial charge in [-0.15, -0.1) is 0 Å². The Bertz CT molecular complexity index is 1300. The number of benzene rings is 3. The Hall–Kier alpha value is -3.60. The molecule has 33 heavy (non-hydrogen) atoms. The number of Topliss-reactive ketones (excluding diaryl/α,β-unsaturated/α-hetero) is 1. The van der Waals surface area contributed by atoms with Crippen molar-refractivity contribution >= 4 is 28.7 Å². The van der Waals surface area contributed by atoms with Crippen LogP contribution in [0, 0.1) is 5.41 Å². The van der Waals surface area contributed by atoms with Gasteiger partial charge >= 0.3 is 0 Å². The Kier molecular flexibility index (Phi) is 5.20. The van der Waals surface area contributed by atoms with Crippen molar-refractivity contribution in [1.29, 1.82) is 0 Å². The minimum Gasteiger partial charge on any atom is -0.490 e. The van der Waals surface area contributed by atoms with Crippen LogP contribution in [0.4, 0.5) is 5.69 Å². The summed E-state index contributed by atoms with van der Waals surface area (Å²) < 4.78 is 10.9. The Balaban J connectivity index is 1.77. The number of rotatable bonds is 5. The van der Waals surface area contributed by atoms with Gasteiger partial charge in [-0.05, 0) is 58.9 Å². The average molecular weight is 442 g/mol. The van der Waals surface area contributed by atoms with Crippen LogP contribution in [0.1, 0.15) is 50.7 Å². The van der Waals surface area contributed by atoms with E-state index in [9.17, 15) is 9.59 Å². The van der Waals surface area contributed by atoms with Crippen LogP contribution >= 0.6 is 0 Å². The number of ether oxygens (including phenoxy) is 2. The van der Waals surface area contributed by atoms with Gasteiger partial charge in [0.25, 0.3) is 6.47 Å². The lowest BCUT2D eigenvalue weighted by Crippen LogP contribution is -2.33. The summed E-state index contributed by atoms with van der Waals surface area (Å²) in [6, 6.07) is 18.1. The predicted octanol–water partition coefficient (Wildman–Crippen LogP) is 5.97. The predicted molar refractivity (Wildman–Crippen MR) is 129 cm³/mol. The van der Waals surface area contributed by atoms with Gasteiger partial charge in [-0.1, -0.05) is 50.2 Å². The van der Waals surface area contributed by atoms with Crippen LogP contribution < -0.4 is 14.8 Å². The van der Waals surface area contributed by atoms with E-state index in [1.807, 2.05) is 31.2 Å². The number of carbonyl (C=O) groups excluding carboxylic acids is 2. The SMILES string of the molecule is CCOc1cc(C2C3=C(CC(C)(C)CC3=O)Nc3ccc4ccccc4c32)ccc1OC=O. The highest BCUT2D eigenvalue weighted by Gasteiger charge is 2.41. The van der Waals surface area contributed by atoms with E-state index in [0.717, 1.165) is 45.3 Å². The van der Waals surface area contributed by atoms with Gasteiger partial charge in [0.2, 0.25) is 0 Å². The minimum absolute atomic E-state index is 0.0973. The van der Waals surface area contributed by atoms with Gasteiger partial charge in [0.1, 0.15) is 0 Å². The number of ketones is 1. The Morgan fingerprint density at radius 1 is 1.06 bits per heavy atom. The van der Waals surface area contributed by atoms with E-state index < -0.39 is 0 Å². The summed E-state index contributed by atoms with van der Waals surface area (Å²) in [4.78, 5) is 24.5. The van der Waals surface area contributed by atoms with Crippen molar-refractivity contribution in [3.63, 3.8) is 0 Å². The lowest BCUT2D eigenvalue weighted by Gasteiger charge is -2.40. The molecule has 0 aromatic heterocycles. The molecular weight excluding hydrogens is 414 g/mol. The number of nitrogens with one attached hydrogen (secondary N) is 1. The topological polar surface area (TPSA) is 64.6 Å². The summed E-state index contributed by atoms with van der Waals surface area (Å²) >= 11 is 0. The van der Waals surface area contributed by atoms with Crippen LogP contribution in [0.2, 0.25) is 0 Å². The quantitative estimate of drug-likeness (QED) is 0.494. The van der Waals surface area contributed by atoms with Crippen LogP contribution in [0.5, 0.6) is 11.5 Å². The lowest BCUT2D eigenvalue weighted by molar-refractivity contribution is -0.121. The highest BCUT2D eigenvalue weighted by Crippen LogP contribution is 2.51. The molecule has 1 aliphatic heterocycles. The van der Waals surface area contributed by atoms with Crippen molar-refractivity contribution in [2.75, 3.05) is 11.9 Å². The number of hydrogen-bond acceptors (Lipinski definition) is 5. The standard InChI is InChI=1S/C28H27NO4/c1-4-32-24-13-18(10-12-23(24)33-16-30)25-26-19-8-6-5-7-17(19)9-11-20(26)29-21-14-28(2,3)15-22(31)27(21)25/h5-13,16,25,29H,4,14-15H2,1-3H3. The molecule has 5 rings (SSSR count). The zero-order valence-electron chi connectivity index (χ0n) is 19.1. The number of allylic oxidation sites excluding steroid dienone is 2. The van der Waals surface area contributed by atoms with E-state index in [1.165, 1.54) is 0 Å². The summed E-state index contributed by atoms with van der Waals surface area (Å²) in [6.45, 7) is 7.00. The molecule has 5 heteroatoms. The molecule has 2 aliphatic rings. The molecule has 1 aliphatic carbocycles. The van der Waals surface area contributed by atoms with E-state index in [4.69, 9.17) is 9.47 Å². The number of hydrogen-bond donors (Lipinski definition) is 1. The average Bonchev–Trinajstić information content (AvgIpc) is 2.78. The molecule has 0 saturated carbocycles. The maximum Gasteiger partial charge on any atom is 0.298 e. The maximum atomic E-state index is 13.6. The van der Waals surface area contributed by atoms with E-state index in [1.54, 1.807) is 6.07 Å². The second kappa shape index (κ2) is 8.07. The molecule has 1 N–H and O–H groups in total. The second-order valence-electron chi connectivity index (χ2n) is 9.49. The number of carbonyl (C=O) groups is 2. The van der Waals surface area contributed by atoms with Crippen LogP contribution in [0.25, 0.3) is 10.8 Å². The second-order valence-corrected chi connectivity index (χ2v) is 9.49. The summed E-state index contributed by atoms with van der Waals surface area (Å²) in [5, 5.41) is 5.85. The number of anilines is 1. The van der Waals surface area contributed by atoms with Gasteiger partial charge in [-0.3, -0.25) is 9.59 Å². The van der Waals surface area contributed by atoms with Gasteiger partial charge in [-0.25, -0.2) is 0 Å². The fraction of sp³-hybridized carbons (Fsp3) is 0.286. The molecule has 5 nitrogen and oxygen atoms in total. The van der Waals surface area contributed by atoms with Crippen molar-refractivity contribution < 1.29 is 19.1 Å². The Morgan fingerprint density at radius 3 is 2.67 bits per heavy atom. The van der Waals surface area contributed by atoms with E-state index in [0.29, 0.717) is 31.0 Å². The maximum absolute atomic E-state index is 13.6. The molecule has 0 bridgehead atoms. The smallest absolute Gasteiger partial charge is 0.298 e. The zero-order chi connectivity index (χ0) is 23.2. The van der Waals surface area contributed by atoms with E-state index >= 15 is 0 Å². The van der Waals surface area contributed by atoms with E-state index in [-0.39, 0.29) is 17.1 Å². The van der Waals surface area contributed by atoms with Gasteiger partial charge in [-0.2, -0.15) is 0 Å². The van der Waals surface area contributed by atoms with Crippen LogP contribution in [-0.4, -0.2) is 18.9 Å². The van der Waals surface area contributed by atoms with Crippen LogP contribution in [0.15, 0.2) is 65.9 Å². The van der Waals surface area contributed by atoms with Gasteiger partial charge in [0.05, 0.1) is 6.61 Å². The summed E-state index contributed by atoms with van der Waals surface area (Å²) in [7, 11) is 0. The molecule has 1 atom stereocenters. The molecule has 3 aromatic carbocycles. The van der Waals surface area contributed by atoms with E-state index in [2.05, 4.69) is 43.4 Å². The zero-order valence-corrected chi connectivity index (χ0v) is 19.1. The fourth-order valence-electron chi connectivity index (χ4n) is 5.26. The monoisotopic (exact) mass is 441 g/mol. The first-order valence-electron chi connectivity index (χ1n) is 11.3. The fourth-order valence-corrected chi connectivity index (χ4v) is 5.26. The van der Waals surface area contributed by atoms with Crippen molar-refractivity contribution in [2.45, 2.75) is 39.5 Å². The van der Waals surface area contributed by atoms with Crippen molar-refractivity contribution in [3.8, 4) is 11.5 Å². The Labute approximate surface area is 193 Å². The summed E-state index contributed by atoms with van der Waals surface area (Å²) in [5.41, 5.74) is 4.77. The van der Waals surface area contributed by atoms with Crippen molar-refractivity contribution in [3.05, 3.63) is 77.0 Å². The first kappa shape index (κ1) is 21.3. The van der Waals surface area contributed by atoms with Gasteiger partial charge in [0, 0.05) is 29.3 Å². The third kappa shape index (κ3) is 3.67. The lowest BCUT2D eigenvalue weighted by atomic mass is 9.68. The molecule has 1 heterocycles. The van der Waals surface area contributed by atoms with Gasteiger partial charge in [0.15, 0.2) is 17.3 Å². The molecular formula is C28H27NO4. The molecule has 0 saturated heterocycles. The third-order valence-electron chi connectivity index (χ3n) is 6.53. The van der Waals surface area contributed by atoms with Crippen LogP contribution in [0.3, 0.4) is 0 Å². The first-order chi connectivity index (χ1) is 15.9. The molecule has 0 fully saturated rings. The molecule has 3 aromatic rings. The molecule has 1 unspecified atom stereocenters. The molecule has 0 spiro atoms. The minimum atomic E-state index is -0.240. The largest absolute Gasteiger partial charge is 0.490 e. The molecule has 168 valence electrons. The number of fused-ring (bicyclic) bond motifs is 3. The van der Waals surface area contributed by atoms with Crippen molar-refractivity contribution in [1.82, 2.24) is 0 Å². The Morgan fingerprint density at radius 2 is 1.88 bits per heavy atom. The van der Waals surface area contributed by atoms with Crippen molar-refractivity contribution in [2.24, 2.45) is 5.41 Å². The highest BCUT2D eigenvalue weighted by molar-refractivity contribution is 6.04. The summed E-state index contributed by atoms with van der Waals surface area (Å²) in [6.07, 6.45) is 1.32. The first-order valence-corrected chi connectivity index (χ1v) is 11.3. The molecule has 0 radical (unpaired) electrons.